The third-order valence-corrected chi connectivity index (χ3v) is 4.45. The van der Waals surface area contributed by atoms with Gasteiger partial charge in [-0.25, -0.2) is 4.98 Å². The molecule has 3 N–H and O–H groups in total. The SMILES string of the molecule is CCCC(CCN)CCCNCCc1nc(C)cs1. The normalized spacial score (nSPS) is 12.8. The number of nitrogens with two attached hydrogens (primary N) is 1. The van der Waals surface area contributed by atoms with Crippen molar-refractivity contribution in [2.75, 3.05) is 19.6 Å². The van der Waals surface area contributed by atoms with Gasteiger partial charge < -0.3 is 11.1 Å². The lowest BCUT2D eigenvalue weighted by atomic mass is 9.94. The van der Waals surface area contributed by atoms with Crippen LogP contribution in [0.15, 0.2) is 5.38 Å². The molecule has 1 atom stereocenters. The number of aryl methyl sites for hydroxylation is 1. The van der Waals surface area contributed by atoms with E-state index in [1.54, 1.807) is 11.3 Å². The zero-order valence-corrected chi connectivity index (χ0v) is 13.3. The van der Waals surface area contributed by atoms with Crippen LogP contribution in [0.5, 0.6) is 0 Å². The van der Waals surface area contributed by atoms with Crippen molar-refractivity contribution in [3.63, 3.8) is 0 Å². The van der Waals surface area contributed by atoms with Gasteiger partial charge in [-0.05, 0) is 45.2 Å². The molecule has 1 heterocycles. The number of hydrogen-bond donors (Lipinski definition) is 2. The maximum atomic E-state index is 5.66. The Bertz CT molecular complexity index is 319. The lowest BCUT2D eigenvalue weighted by Gasteiger charge is -2.14. The van der Waals surface area contributed by atoms with Crippen LogP contribution in [0.3, 0.4) is 0 Å². The summed E-state index contributed by atoms with van der Waals surface area (Å²) >= 11 is 1.77. The first-order valence-electron chi connectivity index (χ1n) is 7.58. The molecule has 1 aromatic heterocycles. The van der Waals surface area contributed by atoms with Crippen molar-refractivity contribution in [1.82, 2.24) is 10.3 Å². The molecule has 1 aromatic rings. The van der Waals surface area contributed by atoms with E-state index in [1.807, 2.05) is 0 Å². The molecule has 0 aliphatic heterocycles. The van der Waals surface area contributed by atoms with E-state index >= 15 is 0 Å². The lowest BCUT2D eigenvalue weighted by Crippen LogP contribution is -2.19. The zero-order valence-electron chi connectivity index (χ0n) is 12.5. The van der Waals surface area contributed by atoms with Gasteiger partial charge in [0.1, 0.15) is 0 Å². The number of aromatic nitrogens is 1. The highest BCUT2D eigenvalue weighted by atomic mass is 32.1. The summed E-state index contributed by atoms with van der Waals surface area (Å²) in [5.41, 5.74) is 6.80. The van der Waals surface area contributed by atoms with Crippen molar-refractivity contribution >= 4 is 11.3 Å². The van der Waals surface area contributed by atoms with Crippen molar-refractivity contribution in [3.8, 4) is 0 Å². The van der Waals surface area contributed by atoms with Crippen molar-refractivity contribution in [2.24, 2.45) is 11.7 Å². The van der Waals surface area contributed by atoms with Crippen molar-refractivity contribution in [2.45, 2.75) is 52.4 Å². The largest absolute Gasteiger partial charge is 0.330 e. The third-order valence-electron chi connectivity index (χ3n) is 3.42. The standard InChI is InChI=1S/C15H29N3S/c1-3-5-14(7-9-16)6-4-10-17-11-8-15-18-13(2)12-19-15/h12,14,17H,3-11,16H2,1-2H3. The predicted molar refractivity (Wildman–Crippen MR) is 84.7 cm³/mol. The van der Waals surface area contributed by atoms with Gasteiger partial charge >= 0.3 is 0 Å². The van der Waals surface area contributed by atoms with Gasteiger partial charge in [-0.2, -0.15) is 0 Å². The van der Waals surface area contributed by atoms with Crippen molar-refractivity contribution in [1.29, 1.82) is 0 Å². The van der Waals surface area contributed by atoms with Crippen LogP contribution in [0.1, 0.15) is 49.7 Å². The van der Waals surface area contributed by atoms with E-state index in [4.69, 9.17) is 5.73 Å². The molecule has 0 aromatic carbocycles. The van der Waals surface area contributed by atoms with Gasteiger partial charge in [0, 0.05) is 24.0 Å². The summed E-state index contributed by atoms with van der Waals surface area (Å²) in [6.07, 6.45) is 7.43. The van der Waals surface area contributed by atoms with Crippen LogP contribution >= 0.6 is 11.3 Å². The third kappa shape index (κ3) is 7.65. The second kappa shape index (κ2) is 10.4. The Kier molecular flexibility index (Phi) is 9.05. The summed E-state index contributed by atoms with van der Waals surface area (Å²) in [5.74, 6) is 0.832. The van der Waals surface area contributed by atoms with E-state index in [-0.39, 0.29) is 0 Å². The molecule has 0 fully saturated rings. The fraction of sp³-hybridized carbons (Fsp3) is 0.800. The molecule has 0 bridgehead atoms. The number of nitrogens with one attached hydrogen (secondary N) is 1. The average molecular weight is 283 g/mol. The maximum Gasteiger partial charge on any atom is 0.0940 e. The molecule has 0 spiro atoms. The van der Waals surface area contributed by atoms with Gasteiger partial charge in [0.2, 0.25) is 0 Å². The van der Waals surface area contributed by atoms with Crippen LogP contribution in [-0.4, -0.2) is 24.6 Å². The van der Waals surface area contributed by atoms with E-state index in [1.165, 1.54) is 37.1 Å². The highest BCUT2D eigenvalue weighted by Gasteiger charge is 2.06. The van der Waals surface area contributed by atoms with Crippen LogP contribution in [0.4, 0.5) is 0 Å². The summed E-state index contributed by atoms with van der Waals surface area (Å²) in [5, 5.41) is 6.89. The molecule has 1 rings (SSSR count). The van der Waals surface area contributed by atoms with Crippen molar-refractivity contribution < 1.29 is 0 Å². The molecular weight excluding hydrogens is 254 g/mol. The number of rotatable bonds is 11. The fourth-order valence-corrected chi connectivity index (χ4v) is 3.21. The van der Waals surface area contributed by atoms with Crippen LogP contribution in [0.2, 0.25) is 0 Å². The molecule has 0 saturated carbocycles. The molecule has 0 aliphatic carbocycles. The van der Waals surface area contributed by atoms with Gasteiger partial charge in [-0.1, -0.05) is 19.8 Å². The summed E-state index contributed by atoms with van der Waals surface area (Å²) in [6.45, 7) is 7.31. The summed E-state index contributed by atoms with van der Waals surface area (Å²) < 4.78 is 0. The molecule has 0 saturated heterocycles. The first kappa shape index (κ1) is 16.6. The van der Waals surface area contributed by atoms with E-state index in [9.17, 15) is 0 Å². The quantitative estimate of drug-likeness (QED) is 0.613. The Morgan fingerprint density at radius 1 is 1.32 bits per heavy atom. The minimum atomic E-state index is 0.832. The van der Waals surface area contributed by atoms with Gasteiger partial charge in [0.25, 0.3) is 0 Å². The van der Waals surface area contributed by atoms with Gasteiger partial charge in [0.05, 0.1) is 5.01 Å². The van der Waals surface area contributed by atoms with Gasteiger partial charge in [0.15, 0.2) is 0 Å². The predicted octanol–water partition coefficient (Wildman–Crippen LogP) is 3.13. The molecule has 110 valence electrons. The molecule has 0 radical (unpaired) electrons. The number of hydrogen-bond acceptors (Lipinski definition) is 4. The Morgan fingerprint density at radius 3 is 2.79 bits per heavy atom. The van der Waals surface area contributed by atoms with E-state index < -0.39 is 0 Å². The highest BCUT2D eigenvalue weighted by Crippen LogP contribution is 2.16. The Labute approximate surface area is 122 Å². The Balaban J connectivity index is 2.00. The van der Waals surface area contributed by atoms with E-state index in [2.05, 4.69) is 29.5 Å². The second-order valence-corrected chi connectivity index (χ2v) is 6.20. The summed E-state index contributed by atoms with van der Waals surface area (Å²) in [6, 6.07) is 0. The van der Waals surface area contributed by atoms with Crippen molar-refractivity contribution in [3.05, 3.63) is 16.1 Å². The van der Waals surface area contributed by atoms with Gasteiger partial charge in [-0.15, -0.1) is 11.3 Å². The average Bonchev–Trinajstić information content (AvgIpc) is 2.80. The fourth-order valence-electron chi connectivity index (χ4n) is 2.43. The lowest BCUT2D eigenvalue weighted by molar-refractivity contribution is 0.404. The molecule has 0 amide bonds. The van der Waals surface area contributed by atoms with E-state index in [0.717, 1.165) is 37.7 Å². The summed E-state index contributed by atoms with van der Waals surface area (Å²) in [4.78, 5) is 4.47. The second-order valence-electron chi connectivity index (χ2n) is 5.26. The van der Waals surface area contributed by atoms with Gasteiger partial charge in [-0.3, -0.25) is 0 Å². The zero-order chi connectivity index (χ0) is 13.9. The first-order valence-corrected chi connectivity index (χ1v) is 8.46. The molecule has 0 aliphatic rings. The smallest absolute Gasteiger partial charge is 0.0940 e. The maximum absolute atomic E-state index is 5.66. The van der Waals surface area contributed by atoms with Crippen LogP contribution in [0, 0.1) is 12.8 Å². The summed E-state index contributed by atoms with van der Waals surface area (Å²) in [7, 11) is 0. The van der Waals surface area contributed by atoms with Crippen LogP contribution < -0.4 is 11.1 Å². The Hall–Kier alpha value is -0.450. The molecular formula is C15H29N3S. The highest BCUT2D eigenvalue weighted by molar-refractivity contribution is 7.09. The molecule has 1 unspecified atom stereocenters. The minimum absolute atomic E-state index is 0.832. The van der Waals surface area contributed by atoms with Crippen LogP contribution in [-0.2, 0) is 6.42 Å². The van der Waals surface area contributed by atoms with E-state index in [0.29, 0.717) is 0 Å². The topological polar surface area (TPSA) is 50.9 Å². The first-order chi connectivity index (χ1) is 9.26. The minimum Gasteiger partial charge on any atom is -0.330 e. The monoisotopic (exact) mass is 283 g/mol. The molecule has 3 nitrogen and oxygen atoms in total. The van der Waals surface area contributed by atoms with Crippen LogP contribution in [0.25, 0.3) is 0 Å². The Morgan fingerprint density at radius 2 is 2.16 bits per heavy atom. The number of thiazole rings is 1. The molecule has 19 heavy (non-hydrogen) atoms. The number of nitrogens with zero attached hydrogens (tertiary/aromatic N) is 1. The molecule has 4 heteroatoms.